The van der Waals surface area contributed by atoms with Crippen molar-refractivity contribution in [3.63, 3.8) is 0 Å². The number of hydrogen-bond acceptors (Lipinski definition) is 2. The number of piperidine rings is 1. The molecule has 1 aliphatic carbocycles. The molecular weight excluding hydrogens is 244 g/mol. The van der Waals surface area contributed by atoms with Crippen molar-refractivity contribution in [2.24, 2.45) is 5.41 Å². The third-order valence-corrected chi connectivity index (χ3v) is 4.86. The van der Waals surface area contributed by atoms with Gasteiger partial charge in [0.05, 0.1) is 5.41 Å². The molecule has 2 N–H and O–H groups in total. The lowest BCUT2D eigenvalue weighted by Gasteiger charge is -2.45. The van der Waals surface area contributed by atoms with Crippen LogP contribution in [0.15, 0.2) is 0 Å². The van der Waals surface area contributed by atoms with Crippen LogP contribution in [0.1, 0.15) is 52.4 Å². The number of urea groups is 1. The Morgan fingerprint density at radius 2 is 1.95 bits per heavy atom. The summed E-state index contributed by atoms with van der Waals surface area (Å²) >= 11 is 0. The molecule has 0 aromatic heterocycles. The smallest absolute Gasteiger partial charge is 0.317 e. The number of carbonyl (C=O) groups is 2. The van der Waals surface area contributed by atoms with Crippen molar-refractivity contribution in [2.45, 2.75) is 57.9 Å². The van der Waals surface area contributed by atoms with Gasteiger partial charge in [0.25, 0.3) is 0 Å². The van der Waals surface area contributed by atoms with E-state index in [2.05, 4.69) is 12.2 Å². The van der Waals surface area contributed by atoms with Crippen molar-refractivity contribution in [1.82, 2.24) is 10.2 Å². The Morgan fingerprint density at radius 3 is 2.42 bits per heavy atom. The third kappa shape index (κ3) is 2.69. The number of likely N-dealkylation sites (tertiary alicyclic amines) is 1. The summed E-state index contributed by atoms with van der Waals surface area (Å²) in [4.78, 5) is 25.3. The standard InChI is InChI=1S/C14H24N2O3/c1-3-14(7-4-8-14)15-12(19)16-9-5-6-13(2,10-16)11(17)18/h3-10H2,1-2H3,(H,15,19)(H,17,18). The first-order valence-electron chi connectivity index (χ1n) is 7.21. The molecule has 108 valence electrons. The Morgan fingerprint density at radius 1 is 1.26 bits per heavy atom. The van der Waals surface area contributed by atoms with Crippen molar-refractivity contribution in [3.8, 4) is 0 Å². The molecule has 2 amide bonds. The van der Waals surface area contributed by atoms with E-state index in [1.165, 1.54) is 6.42 Å². The van der Waals surface area contributed by atoms with Gasteiger partial charge in [0.2, 0.25) is 0 Å². The molecule has 2 rings (SSSR count). The number of amides is 2. The Kier molecular flexibility index (Phi) is 3.74. The van der Waals surface area contributed by atoms with Crippen molar-refractivity contribution in [1.29, 1.82) is 0 Å². The van der Waals surface area contributed by atoms with Gasteiger partial charge in [-0.3, -0.25) is 4.79 Å². The molecule has 1 saturated carbocycles. The van der Waals surface area contributed by atoms with Gasteiger partial charge in [-0.05, 0) is 45.4 Å². The summed E-state index contributed by atoms with van der Waals surface area (Å²) in [7, 11) is 0. The predicted molar refractivity (Wildman–Crippen MR) is 72.0 cm³/mol. The molecule has 0 spiro atoms. The van der Waals surface area contributed by atoms with Gasteiger partial charge in [-0.15, -0.1) is 0 Å². The fourth-order valence-corrected chi connectivity index (χ4v) is 3.06. The number of carboxylic acid groups (broad SMARTS) is 1. The van der Waals surface area contributed by atoms with E-state index < -0.39 is 11.4 Å². The summed E-state index contributed by atoms with van der Waals surface area (Å²) in [6.07, 6.45) is 5.60. The highest BCUT2D eigenvalue weighted by atomic mass is 16.4. The third-order valence-electron chi connectivity index (χ3n) is 4.86. The molecule has 1 unspecified atom stereocenters. The second-order valence-corrected chi connectivity index (χ2v) is 6.31. The quantitative estimate of drug-likeness (QED) is 0.824. The molecule has 0 aromatic carbocycles. The number of aliphatic carboxylic acids is 1. The fraction of sp³-hybridized carbons (Fsp3) is 0.857. The number of nitrogens with zero attached hydrogens (tertiary/aromatic N) is 1. The number of rotatable bonds is 3. The molecule has 1 saturated heterocycles. The first kappa shape index (κ1) is 14.2. The van der Waals surface area contributed by atoms with Crippen LogP contribution in [-0.4, -0.2) is 40.6 Å². The highest BCUT2D eigenvalue weighted by Crippen LogP contribution is 2.35. The number of carboxylic acids is 1. The van der Waals surface area contributed by atoms with Gasteiger partial charge in [-0.25, -0.2) is 4.79 Å². The summed E-state index contributed by atoms with van der Waals surface area (Å²) in [6.45, 7) is 4.80. The minimum absolute atomic E-state index is 0.0336. The summed E-state index contributed by atoms with van der Waals surface area (Å²) in [6, 6.07) is -0.0891. The van der Waals surface area contributed by atoms with E-state index in [9.17, 15) is 14.7 Å². The van der Waals surface area contributed by atoms with Crippen LogP contribution < -0.4 is 5.32 Å². The molecule has 2 fully saturated rings. The molecule has 0 radical (unpaired) electrons. The molecule has 19 heavy (non-hydrogen) atoms. The molecule has 1 atom stereocenters. The maximum absolute atomic E-state index is 12.3. The Labute approximate surface area is 114 Å². The van der Waals surface area contributed by atoms with Crippen LogP contribution >= 0.6 is 0 Å². The van der Waals surface area contributed by atoms with Crippen LogP contribution in [0.5, 0.6) is 0 Å². The van der Waals surface area contributed by atoms with Crippen molar-refractivity contribution >= 4 is 12.0 Å². The number of hydrogen-bond donors (Lipinski definition) is 2. The first-order valence-corrected chi connectivity index (χ1v) is 7.21. The Bertz CT molecular complexity index is 373. The lowest BCUT2D eigenvalue weighted by atomic mass is 9.75. The van der Waals surface area contributed by atoms with E-state index in [1.54, 1.807) is 11.8 Å². The normalized spacial score (nSPS) is 29.5. The lowest BCUT2D eigenvalue weighted by molar-refractivity contribution is -0.150. The zero-order valence-electron chi connectivity index (χ0n) is 11.9. The lowest BCUT2D eigenvalue weighted by Crippen LogP contribution is -2.59. The van der Waals surface area contributed by atoms with E-state index >= 15 is 0 Å². The second-order valence-electron chi connectivity index (χ2n) is 6.31. The molecule has 5 nitrogen and oxygen atoms in total. The zero-order chi connectivity index (χ0) is 14.1. The van der Waals surface area contributed by atoms with E-state index in [0.717, 1.165) is 25.7 Å². The minimum atomic E-state index is -0.807. The summed E-state index contributed by atoms with van der Waals surface area (Å²) < 4.78 is 0. The van der Waals surface area contributed by atoms with Gasteiger partial charge >= 0.3 is 12.0 Å². The highest BCUT2D eigenvalue weighted by Gasteiger charge is 2.42. The van der Waals surface area contributed by atoms with Crippen molar-refractivity contribution in [2.75, 3.05) is 13.1 Å². The zero-order valence-corrected chi connectivity index (χ0v) is 11.9. The topological polar surface area (TPSA) is 69.6 Å². The highest BCUT2D eigenvalue weighted by molar-refractivity contribution is 5.79. The first-order chi connectivity index (χ1) is 8.91. The van der Waals surface area contributed by atoms with Gasteiger partial charge in [0, 0.05) is 18.6 Å². The van der Waals surface area contributed by atoms with Crippen LogP contribution in [0, 0.1) is 5.41 Å². The minimum Gasteiger partial charge on any atom is -0.481 e. The average Bonchev–Trinajstić information content (AvgIpc) is 2.33. The maximum Gasteiger partial charge on any atom is 0.317 e. The van der Waals surface area contributed by atoms with Crippen molar-refractivity contribution in [3.05, 3.63) is 0 Å². The molecule has 0 aromatic rings. The molecule has 5 heteroatoms. The van der Waals surface area contributed by atoms with Crippen molar-refractivity contribution < 1.29 is 14.7 Å². The van der Waals surface area contributed by atoms with Gasteiger partial charge in [-0.2, -0.15) is 0 Å². The fourth-order valence-electron chi connectivity index (χ4n) is 3.06. The summed E-state index contributed by atoms with van der Waals surface area (Å²) in [5.74, 6) is -0.807. The van der Waals surface area contributed by atoms with Gasteiger partial charge in [-0.1, -0.05) is 6.92 Å². The largest absolute Gasteiger partial charge is 0.481 e. The average molecular weight is 268 g/mol. The van der Waals surface area contributed by atoms with Crippen LogP contribution in [0.25, 0.3) is 0 Å². The molecule has 1 heterocycles. The Balaban J connectivity index is 1.97. The van der Waals surface area contributed by atoms with Gasteiger partial charge in [0.1, 0.15) is 0 Å². The Hall–Kier alpha value is -1.26. The molecule has 2 aliphatic rings. The maximum atomic E-state index is 12.3. The van der Waals surface area contributed by atoms with Crippen LogP contribution in [0.4, 0.5) is 4.79 Å². The SMILES string of the molecule is CCC1(NC(=O)N2CCCC(C)(C(=O)O)C2)CCC1. The van der Waals surface area contributed by atoms with Gasteiger partial charge in [0.15, 0.2) is 0 Å². The summed E-state index contributed by atoms with van der Waals surface area (Å²) in [5, 5.41) is 12.4. The van der Waals surface area contributed by atoms with E-state index in [4.69, 9.17) is 0 Å². The summed E-state index contributed by atoms with van der Waals surface area (Å²) in [5.41, 5.74) is -0.831. The molecule has 0 bridgehead atoms. The van der Waals surface area contributed by atoms with Crippen LogP contribution in [0.3, 0.4) is 0 Å². The predicted octanol–water partition coefficient (Wildman–Crippen LogP) is 2.22. The van der Waals surface area contributed by atoms with E-state index in [0.29, 0.717) is 19.5 Å². The van der Waals surface area contributed by atoms with E-state index in [1.807, 2.05) is 0 Å². The van der Waals surface area contributed by atoms with Crippen LogP contribution in [0.2, 0.25) is 0 Å². The number of carbonyl (C=O) groups excluding carboxylic acids is 1. The monoisotopic (exact) mass is 268 g/mol. The molecule has 1 aliphatic heterocycles. The second kappa shape index (κ2) is 5.02. The van der Waals surface area contributed by atoms with Crippen LogP contribution in [-0.2, 0) is 4.79 Å². The van der Waals surface area contributed by atoms with Gasteiger partial charge < -0.3 is 15.3 Å². The number of nitrogens with one attached hydrogen (secondary N) is 1. The van der Waals surface area contributed by atoms with E-state index in [-0.39, 0.29) is 11.6 Å². The molecular formula is C14H24N2O3.